The highest BCUT2D eigenvalue weighted by atomic mass is 79.9. The molecule has 2 aromatic carbocycles. The number of carbonyl (C=O) groups excluding carboxylic acids is 1. The van der Waals surface area contributed by atoms with Crippen LogP contribution in [0.3, 0.4) is 0 Å². The molecule has 0 heterocycles. The molecule has 2 rings (SSSR count). The average molecular weight is 548 g/mol. The number of benzene rings is 2. The van der Waals surface area contributed by atoms with Crippen LogP contribution in [-0.2, 0) is 4.79 Å². The second-order valence-electron chi connectivity index (χ2n) is 6.26. The molecule has 0 fully saturated rings. The number of hydrogen-bond acceptors (Lipinski definition) is 8. The minimum Gasteiger partial charge on any atom is -0.367 e. The van der Waals surface area contributed by atoms with Crippen LogP contribution in [0.1, 0.15) is 6.92 Å². The van der Waals surface area contributed by atoms with E-state index in [4.69, 9.17) is 23.2 Å². The van der Waals surface area contributed by atoms with E-state index in [9.17, 15) is 25.0 Å². The molecule has 11 nitrogen and oxygen atoms in total. The van der Waals surface area contributed by atoms with Gasteiger partial charge < -0.3 is 10.2 Å². The smallest absolute Gasteiger partial charge is 0.304 e. The van der Waals surface area contributed by atoms with Gasteiger partial charge in [0.25, 0.3) is 5.69 Å². The summed E-state index contributed by atoms with van der Waals surface area (Å²) in [7, 11) is 0. The van der Waals surface area contributed by atoms with E-state index < -0.39 is 21.2 Å². The van der Waals surface area contributed by atoms with Gasteiger partial charge in [-0.25, -0.2) is 0 Å². The van der Waals surface area contributed by atoms with Crippen LogP contribution >= 0.6 is 39.1 Å². The fourth-order valence-electron chi connectivity index (χ4n) is 2.73. The fourth-order valence-corrected chi connectivity index (χ4v) is 3.66. The predicted octanol–water partition coefficient (Wildman–Crippen LogP) is 5.92. The van der Waals surface area contributed by atoms with Gasteiger partial charge in [0, 0.05) is 37.8 Å². The monoisotopic (exact) mass is 546 g/mol. The molecule has 0 bridgehead atoms. The Morgan fingerprint density at radius 3 is 2.28 bits per heavy atom. The second-order valence-corrected chi connectivity index (χ2v) is 7.87. The molecule has 32 heavy (non-hydrogen) atoms. The highest BCUT2D eigenvalue weighted by Crippen LogP contribution is 2.40. The third kappa shape index (κ3) is 6.58. The highest BCUT2D eigenvalue weighted by molar-refractivity contribution is 9.10. The van der Waals surface area contributed by atoms with Crippen LogP contribution in [0, 0.1) is 20.2 Å². The van der Waals surface area contributed by atoms with E-state index in [1.54, 1.807) is 18.2 Å². The normalized spacial score (nSPS) is 10.9. The van der Waals surface area contributed by atoms with Crippen molar-refractivity contribution in [2.75, 3.05) is 35.1 Å². The number of carbonyl (C=O) groups is 1. The lowest BCUT2D eigenvalue weighted by atomic mass is 10.2. The summed E-state index contributed by atoms with van der Waals surface area (Å²) in [6.45, 7) is 2.33. The molecule has 0 aliphatic heterocycles. The van der Waals surface area contributed by atoms with Crippen molar-refractivity contribution >= 4 is 79.2 Å². The van der Waals surface area contributed by atoms with E-state index in [1.165, 1.54) is 6.92 Å². The molecule has 0 saturated heterocycles. The predicted molar refractivity (Wildman–Crippen MR) is 126 cm³/mol. The van der Waals surface area contributed by atoms with Crippen molar-refractivity contribution in [1.82, 2.24) is 0 Å². The Kier molecular flexibility index (Phi) is 9.29. The fraction of sp³-hybridized carbons (Fsp3) is 0.278. The first-order chi connectivity index (χ1) is 15.2. The molecule has 0 spiro atoms. The number of nitro benzene ring substituents is 2. The highest BCUT2D eigenvalue weighted by Gasteiger charge is 2.23. The Labute approximate surface area is 200 Å². The molecule has 0 aliphatic carbocycles. The molecule has 1 N–H and O–H groups in total. The number of non-ortho nitro benzene ring substituents is 1. The summed E-state index contributed by atoms with van der Waals surface area (Å²) in [5.41, 5.74) is 0.164. The van der Waals surface area contributed by atoms with Crippen molar-refractivity contribution < 1.29 is 14.6 Å². The number of rotatable bonds is 10. The topological polar surface area (TPSA) is 143 Å². The zero-order chi connectivity index (χ0) is 23.8. The summed E-state index contributed by atoms with van der Waals surface area (Å²) in [4.78, 5) is 34.4. The molecular formula is C18H17BrCl2N6O5. The van der Waals surface area contributed by atoms with Gasteiger partial charge in [-0.15, -0.1) is 28.3 Å². The van der Waals surface area contributed by atoms with Gasteiger partial charge in [-0.2, -0.15) is 5.11 Å². The van der Waals surface area contributed by atoms with Crippen molar-refractivity contribution in [2.45, 2.75) is 6.92 Å². The van der Waals surface area contributed by atoms with Crippen molar-refractivity contribution in [1.29, 1.82) is 0 Å². The number of azo groups is 1. The number of halogens is 3. The number of anilines is 2. The molecule has 2 aromatic rings. The van der Waals surface area contributed by atoms with Crippen LogP contribution in [-0.4, -0.2) is 40.6 Å². The van der Waals surface area contributed by atoms with Crippen molar-refractivity contribution in [2.24, 2.45) is 10.2 Å². The minimum atomic E-state index is -0.784. The standard InChI is InChI=1S/C18H17BrCl2N6O5/c1-11(28)22-15-8-12(2-3-16(15)25(6-4-20)7-5-21)23-24-18-14(19)9-13(26(29)30)10-17(18)27(31)32/h2-3,8-10H,4-7H2,1H3,(H,22,28). The van der Waals surface area contributed by atoms with Crippen LogP contribution in [0.15, 0.2) is 45.0 Å². The lowest BCUT2D eigenvalue weighted by Crippen LogP contribution is -2.28. The molecular weight excluding hydrogens is 531 g/mol. The number of nitrogens with zero attached hydrogens (tertiary/aromatic N) is 5. The molecule has 14 heteroatoms. The second kappa shape index (κ2) is 11.7. The van der Waals surface area contributed by atoms with Crippen molar-refractivity contribution in [3.63, 3.8) is 0 Å². The summed E-state index contributed by atoms with van der Waals surface area (Å²) in [5.74, 6) is 0.372. The molecule has 0 aromatic heterocycles. The lowest BCUT2D eigenvalue weighted by molar-refractivity contribution is -0.393. The van der Waals surface area contributed by atoms with Gasteiger partial charge in [0.05, 0.1) is 37.4 Å². The Hall–Kier alpha value is -2.83. The first-order valence-corrected chi connectivity index (χ1v) is 10.9. The molecule has 0 radical (unpaired) electrons. The Morgan fingerprint density at radius 1 is 1.09 bits per heavy atom. The maximum absolute atomic E-state index is 11.7. The maximum atomic E-state index is 11.7. The maximum Gasteiger partial charge on any atom is 0.304 e. The number of hydrogen-bond donors (Lipinski definition) is 1. The quantitative estimate of drug-likeness (QED) is 0.169. The van der Waals surface area contributed by atoms with Gasteiger partial charge in [0.15, 0.2) is 5.69 Å². The zero-order valence-electron chi connectivity index (χ0n) is 16.6. The summed E-state index contributed by atoms with van der Waals surface area (Å²) in [6.07, 6.45) is 0. The van der Waals surface area contributed by atoms with Crippen LogP contribution in [0.2, 0.25) is 0 Å². The van der Waals surface area contributed by atoms with Gasteiger partial charge >= 0.3 is 5.69 Å². The van der Waals surface area contributed by atoms with Gasteiger partial charge in [-0.3, -0.25) is 25.0 Å². The first-order valence-electron chi connectivity index (χ1n) is 9.00. The van der Waals surface area contributed by atoms with E-state index in [1.807, 2.05) is 4.90 Å². The third-order valence-corrected chi connectivity index (χ3v) is 4.98. The molecule has 0 aliphatic rings. The van der Waals surface area contributed by atoms with E-state index in [0.29, 0.717) is 36.2 Å². The molecule has 0 atom stereocenters. The largest absolute Gasteiger partial charge is 0.367 e. The minimum absolute atomic E-state index is 0.0382. The van der Waals surface area contributed by atoms with Crippen LogP contribution in [0.4, 0.5) is 34.1 Å². The molecule has 1 amide bonds. The van der Waals surface area contributed by atoms with Crippen LogP contribution in [0.5, 0.6) is 0 Å². The number of nitro groups is 2. The Morgan fingerprint density at radius 2 is 1.75 bits per heavy atom. The summed E-state index contributed by atoms with van der Waals surface area (Å²) < 4.78 is 0.0382. The van der Waals surface area contributed by atoms with Gasteiger partial charge in [0.1, 0.15) is 0 Å². The first kappa shape index (κ1) is 25.4. The summed E-state index contributed by atoms with van der Waals surface area (Å²) in [5, 5.41) is 33.0. The number of nitrogens with one attached hydrogen (secondary N) is 1. The molecule has 0 saturated carbocycles. The Bertz CT molecular complexity index is 1060. The molecule has 0 unspecified atom stereocenters. The van der Waals surface area contributed by atoms with Crippen LogP contribution < -0.4 is 10.2 Å². The van der Waals surface area contributed by atoms with E-state index in [0.717, 1.165) is 12.1 Å². The lowest BCUT2D eigenvalue weighted by Gasteiger charge is -2.25. The third-order valence-electron chi connectivity index (χ3n) is 4.04. The van der Waals surface area contributed by atoms with Gasteiger partial charge in [-0.1, -0.05) is 0 Å². The van der Waals surface area contributed by atoms with E-state index in [-0.39, 0.29) is 21.8 Å². The average Bonchev–Trinajstić information content (AvgIpc) is 2.71. The number of alkyl halides is 2. The van der Waals surface area contributed by atoms with E-state index >= 15 is 0 Å². The number of amides is 1. The van der Waals surface area contributed by atoms with E-state index in [2.05, 4.69) is 31.5 Å². The summed E-state index contributed by atoms with van der Waals surface area (Å²) >= 11 is 14.8. The SMILES string of the molecule is CC(=O)Nc1cc(N=Nc2c(Br)cc([N+](=O)[O-])cc2[N+](=O)[O-])ccc1N(CCCl)CCCl. The van der Waals surface area contributed by atoms with Crippen molar-refractivity contribution in [3.05, 3.63) is 55.0 Å². The summed E-state index contributed by atoms with van der Waals surface area (Å²) in [6, 6.07) is 6.74. The van der Waals surface area contributed by atoms with Gasteiger partial charge in [0.2, 0.25) is 5.91 Å². The van der Waals surface area contributed by atoms with Crippen molar-refractivity contribution in [3.8, 4) is 0 Å². The Balaban J connectivity index is 2.50. The van der Waals surface area contributed by atoms with Gasteiger partial charge in [-0.05, 0) is 34.1 Å². The molecule has 170 valence electrons. The zero-order valence-corrected chi connectivity index (χ0v) is 19.7. The van der Waals surface area contributed by atoms with Crippen LogP contribution in [0.25, 0.3) is 0 Å².